The van der Waals surface area contributed by atoms with E-state index in [9.17, 15) is 8.42 Å². The molecule has 0 bridgehead atoms. The van der Waals surface area contributed by atoms with Crippen molar-refractivity contribution in [3.8, 4) is 0 Å². The number of anilines is 1. The first kappa shape index (κ1) is 13.9. The van der Waals surface area contributed by atoms with Crippen molar-refractivity contribution in [1.29, 1.82) is 0 Å². The third-order valence-electron chi connectivity index (χ3n) is 4.38. The molecule has 2 aliphatic rings. The molecule has 1 aromatic carbocycles. The van der Waals surface area contributed by atoms with E-state index in [1.54, 1.807) is 0 Å². The lowest BCUT2D eigenvalue weighted by atomic mass is 9.90. The van der Waals surface area contributed by atoms with Gasteiger partial charge in [-0.05, 0) is 61.9 Å². The molecule has 4 nitrogen and oxygen atoms in total. The maximum Gasteiger partial charge on any atom is 0.232 e. The van der Waals surface area contributed by atoms with E-state index in [0.717, 1.165) is 37.5 Å². The normalized spacial score (nSPS) is 20.1. The van der Waals surface area contributed by atoms with Crippen molar-refractivity contribution < 1.29 is 8.42 Å². The van der Waals surface area contributed by atoms with Crippen molar-refractivity contribution in [1.82, 2.24) is 5.32 Å². The standard InChI is InChI=1S/C15H22N2O2S/c1-20(18,19)17-9-6-14-11-13(2-3-15(14)17)10-12-4-7-16-8-5-12/h2-3,11-12,16H,4-10H2,1H3. The minimum Gasteiger partial charge on any atom is -0.317 e. The molecule has 0 aliphatic carbocycles. The number of sulfonamides is 1. The van der Waals surface area contributed by atoms with Crippen LogP contribution in [0, 0.1) is 5.92 Å². The first-order chi connectivity index (χ1) is 9.54. The predicted octanol–water partition coefficient (Wildman–Crippen LogP) is 1.55. The van der Waals surface area contributed by atoms with Gasteiger partial charge < -0.3 is 5.32 Å². The number of piperidine rings is 1. The van der Waals surface area contributed by atoms with Crippen molar-refractivity contribution in [3.05, 3.63) is 29.3 Å². The number of rotatable bonds is 3. The largest absolute Gasteiger partial charge is 0.317 e. The molecule has 0 unspecified atom stereocenters. The van der Waals surface area contributed by atoms with Gasteiger partial charge in [0, 0.05) is 6.54 Å². The van der Waals surface area contributed by atoms with E-state index in [4.69, 9.17) is 0 Å². The lowest BCUT2D eigenvalue weighted by Gasteiger charge is -2.23. The number of benzene rings is 1. The average molecular weight is 294 g/mol. The first-order valence-corrected chi connectivity index (χ1v) is 9.19. The molecule has 110 valence electrons. The maximum absolute atomic E-state index is 11.7. The summed E-state index contributed by atoms with van der Waals surface area (Å²) in [7, 11) is -3.13. The Morgan fingerprint density at radius 2 is 2.05 bits per heavy atom. The Balaban J connectivity index is 1.77. The summed E-state index contributed by atoms with van der Waals surface area (Å²) in [5.74, 6) is 0.765. The molecule has 0 spiro atoms. The van der Waals surface area contributed by atoms with Gasteiger partial charge >= 0.3 is 0 Å². The highest BCUT2D eigenvalue weighted by molar-refractivity contribution is 7.92. The zero-order valence-corrected chi connectivity index (χ0v) is 12.7. The number of hydrogen-bond acceptors (Lipinski definition) is 3. The van der Waals surface area contributed by atoms with Gasteiger partial charge in [-0.15, -0.1) is 0 Å². The van der Waals surface area contributed by atoms with Crippen LogP contribution in [0.1, 0.15) is 24.0 Å². The Morgan fingerprint density at radius 3 is 2.75 bits per heavy atom. The fourth-order valence-electron chi connectivity index (χ4n) is 3.32. The Bertz CT molecular complexity index is 592. The highest BCUT2D eigenvalue weighted by atomic mass is 32.2. The summed E-state index contributed by atoms with van der Waals surface area (Å²) < 4.78 is 25.0. The second-order valence-corrected chi connectivity index (χ2v) is 7.85. The molecule has 0 radical (unpaired) electrons. The van der Waals surface area contributed by atoms with E-state index >= 15 is 0 Å². The summed E-state index contributed by atoms with van der Waals surface area (Å²) in [6.45, 7) is 2.83. The van der Waals surface area contributed by atoms with E-state index in [-0.39, 0.29) is 0 Å². The first-order valence-electron chi connectivity index (χ1n) is 7.34. The number of nitrogens with one attached hydrogen (secondary N) is 1. The topological polar surface area (TPSA) is 49.4 Å². The zero-order valence-electron chi connectivity index (χ0n) is 11.9. The summed E-state index contributed by atoms with van der Waals surface area (Å²) in [6, 6.07) is 6.30. The molecule has 3 rings (SSSR count). The van der Waals surface area contributed by atoms with Crippen molar-refractivity contribution in [3.63, 3.8) is 0 Å². The molecule has 0 aromatic heterocycles. The van der Waals surface area contributed by atoms with Gasteiger partial charge in [-0.2, -0.15) is 0 Å². The third-order valence-corrected chi connectivity index (χ3v) is 5.56. The monoisotopic (exact) mass is 294 g/mol. The molecule has 1 fully saturated rings. The van der Waals surface area contributed by atoms with Crippen molar-refractivity contribution >= 4 is 15.7 Å². The number of fused-ring (bicyclic) bond motifs is 1. The van der Waals surface area contributed by atoms with Gasteiger partial charge in [-0.25, -0.2) is 8.42 Å². The predicted molar refractivity (Wildman–Crippen MR) is 81.6 cm³/mol. The van der Waals surface area contributed by atoms with Gasteiger partial charge in [0.25, 0.3) is 0 Å². The van der Waals surface area contributed by atoms with Gasteiger partial charge in [0.15, 0.2) is 0 Å². The summed E-state index contributed by atoms with van der Waals surface area (Å²) in [5, 5.41) is 3.39. The average Bonchev–Trinajstić information content (AvgIpc) is 2.83. The fourth-order valence-corrected chi connectivity index (χ4v) is 4.27. The van der Waals surface area contributed by atoms with Crippen molar-refractivity contribution in [2.24, 2.45) is 5.92 Å². The minimum atomic E-state index is -3.13. The quantitative estimate of drug-likeness (QED) is 0.920. The Hall–Kier alpha value is -1.07. The second-order valence-electron chi connectivity index (χ2n) is 5.95. The Labute approximate surface area is 121 Å². The molecule has 2 heterocycles. The molecule has 0 atom stereocenters. The van der Waals surface area contributed by atoms with Crippen LogP contribution in [0.4, 0.5) is 5.69 Å². The fraction of sp³-hybridized carbons (Fsp3) is 0.600. The lowest BCUT2D eigenvalue weighted by molar-refractivity contribution is 0.372. The van der Waals surface area contributed by atoms with Crippen LogP contribution in [0.25, 0.3) is 0 Å². The smallest absolute Gasteiger partial charge is 0.232 e. The molecule has 0 amide bonds. The Morgan fingerprint density at radius 1 is 1.30 bits per heavy atom. The molecule has 5 heteroatoms. The summed E-state index contributed by atoms with van der Waals surface area (Å²) in [6.07, 6.45) is 5.72. The zero-order chi connectivity index (χ0) is 14.2. The molecular formula is C15H22N2O2S. The van der Waals surface area contributed by atoms with Crippen molar-refractivity contribution in [2.45, 2.75) is 25.7 Å². The van der Waals surface area contributed by atoms with E-state index < -0.39 is 10.0 Å². The van der Waals surface area contributed by atoms with Crippen LogP contribution in [0.5, 0.6) is 0 Å². The van der Waals surface area contributed by atoms with Gasteiger partial charge in [-0.1, -0.05) is 12.1 Å². The third kappa shape index (κ3) is 2.83. The van der Waals surface area contributed by atoms with Crippen LogP contribution in [0.2, 0.25) is 0 Å². The lowest BCUT2D eigenvalue weighted by Crippen LogP contribution is -2.28. The highest BCUT2D eigenvalue weighted by Gasteiger charge is 2.26. The SMILES string of the molecule is CS(=O)(=O)N1CCc2cc(CC3CCNCC3)ccc21. The van der Waals surface area contributed by atoms with Gasteiger partial charge in [0.05, 0.1) is 11.9 Å². The van der Waals surface area contributed by atoms with Gasteiger partial charge in [0.1, 0.15) is 0 Å². The molecule has 1 N–H and O–H groups in total. The van der Waals surface area contributed by atoms with Crippen LogP contribution >= 0.6 is 0 Å². The summed E-state index contributed by atoms with van der Waals surface area (Å²) in [4.78, 5) is 0. The highest BCUT2D eigenvalue weighted by Crippen LogP contribution is 2.31. The van der Waals surface area contributed by atoms with Crippen LogP contribution in [0.3, 0.4) is 0 Å². The van der Waals surface area contributed by atoms with E-state index in [1.165, 1.54) is 34.5 Å². The van der Waals surface area contributed by atoms with E-state index in [0.29, 0.717) is 6.54 Å². The number of nitrogens with zero attached hydrogens (tertiary/aromatic N) is 1. The molecule has 20 heavy (non-hydrogen) atoms. The molecular weight excluding hydrogens is 272 g/mol. The van der Waals surface area contributed by atoms with Crippen LogP contribution < -0.4 is 9.62 Å². The summed E-state index contributed by atoms with van der Waals surface area (Å²) >= 11 is 0. The molecule has 1 saturated heterocycles. The molecule has 0 saturated carbocycles. The van der Waals surface area contributed by atoms with E-state index in [1.807, 2.05) is 6.07 Å². The second kappa shape index (κ2) is 5.37. The summed E-state index contributed by atoms with van der Waals surface area (Å²) in [5.41, 5.74) is 3.41. The van der Waals surface area contributed by atoms with E-state index in [2.05, 4.69) is 17.4 Å². The maximum atomic E-state index is 11.7. The van der Waals surface area contributed by atoms with Gasteiger partial charge in [0.2, 0.25) is 10.0 Å². The minimum absolute atomic E-state index is 0.588. The molecule has 2 aliphatic heterocycles. The van der Waals surface area contributed by atoms with Crippen molar-refractivity contribution in [2.75, 3.05) is 30.2 Å². The van der Waals surface area contributed by atoms with Crippen LogP contribution in [0.15, 0.2) is 18.2 Å². The molecule has 1 aromatic rings. The number of hydrogen-bond donors (Lipinski definition) is 1. The van der Waals surface area contributed by atoms with Crippen LogP contribution in [-0.4, -0.2) is 34.3 Å². The Kier molecular flexibility index (Phi) is 3.73. The van der Waals surface area contributed by atoms with Crippen LogP contribution in [-0.2, 0) is 22.9 Å². The van der Waals surface area contributed by atoms with Gasteiger partial charge in [-0.3, -0.25) is 4.31 Å².